The lowest BCUT2D eigenvalue weighted by molar-refractivity contribution is -0.197. The summed E-state index contributed by atoms with van der Waals surface area (Å²) in [6.45, 7) is 5.47. The second-order valence-electron chi connectivity index (χ2n) is 8.68. The first-order valence-electron chi connectivity index (χ1n) is 10.8. The van der Waals surface area contributed by atoms with Gasteiger partial charge in [-0.15, -0.1) is 0 Å². The minimum Gasteiger partial charge on any atom is -0.370 e. The zero-order valence-electron chi connectivity index (χ0n) is 17.9. The van der Waals surface area contributed by atoms with E-state index in [9.17, 15) is 13.2 Å². The van der Waals surface area contributed by atoms with Gasteiger partial charge in [0, 0.05) is 35.4 Å². The van der Waals surface area contributed by atoms with Crippen molar-refractivity contribution < 1.29 is 17.9 Å². The van der Waals surface area contributed by atoms with Crippen LogP contribution >= 0.6 is 0 Å². The van der Waals surface area contributed by atoms with Gasteiger partial charge in [0.15, 0.2) is 5.65 Å². The van der Waals surface area contributed by atoms with Gasteiger partial charge in [-0.2, -0.15) is 18.2 Å². The Morgan fingerprint density at radius 2 is 1.84 bits per heavy atom. The normalized spacial score (nSPS) is 23.9. The quantitative estimate of drug-likeness (QED) is 0.586. The second-order valence-corrected chi connectivity index (χ2v) is 8.68. The highest BCUT2D eigenvalue weighted by Crippen LogP contribution is 2.50. The Kier molecular flexibility index (Phi) is 5.23. The van der Waals surface area contributed by atoms with Crippen LogP contribution in [0.4, 0.5) is 19.1 Å². The second kappa shape index (κ2) is 7.95. The fraction of sp³-hybridized carbons (Fsp3) is 0.478. The molecule has 0 radical (unpaired) electrons. The Hall–Kier alpha value is -2.81. The third-order valence-corrected chi connectivity index (χ3v) is 6.35. The van der Waals surface area contributed by atoms with Crippen molar-refractivity contribution in [1.82, 2.24) is 19.9 Å². The van der Waals surface area contributed by atoms with Gasteiger partial charge in [-0.1, -0.05) is 0 Å². The third kappa shape index (κ3) is 4.01. The number of hydrogen-bond acceptors (Lipinski definition) is 6. The van der Waals surface area contributed by atoms with Crippen molar-refractivity contribution in [3.63, 3.8) is 0 Å². The van der Waals surface area contributed by atoms with Crippen LogP contribution < -0.4 is 4.90 Å². The van der Waals surface area contributed by atoms with Crippen molar-refractivity contribution in [3.8, 4) is 0 Å². The molecule has 168 valence electrons. The Bertz CT molecular complexity index is 1150. The molecule has 1 aliphatic heterocycles. The number of alkyl halides is 3. The van der Waals surface area contributed by atoms with Gasteiger partial charge in [0.05, 0.1) is 24.8 Å². The molecular weight excluding hydrogens is 419 g/mol. The number of pyridine rings is 2. The van der Waals surface area contributed by atoms with E-state index in [1.54, 1.807) is 6.20 Å². The minimum atomic E-state index is -4.16. The first-order chi connectivity index (χ1) is 15.3. The Morgan fingerprint density at radius 1 is 1.03 bits per heavy atom. The topological polar surface area (TPSA) is 64.0 Å². The number of halogens is 3. The molecule has 1 aliphatic carbocycles. The highest BCUT2D eigenvalue weighted by molar-refractivity contribution is 5.79. The molecule has 4 heterocycles. The molecule has 1 atom stereocenters. The third-order valence-electron chi connectivity index (χ3n) is 6.35. The van der Waals surface area contributed by atoms with Crippen molar-refractivity contribution >= 4 is 17.0 Å². The molecule has 0 unspecified atom stereocenters. The lowest BCUT2D eigenvalue weighted by atomic mass is 9.72. The van der Waals surface area contributed by atoms with Crippen LogP contribution in [-0.4, -0.2) is 45.8 Å². The summed E-state index contributed by atoms with van der Waals surface area (Å²) in [6.07, 6.45) is -2.43. The number of morpholine rings is 1. The van der Waals surface area contributed by atoms with Crippen molar-refractivity contribution in [1.29, 1.82) is 0 Å². The van der Waals surface area contributed by atoms with E-state index in [0.29, 0.717) is 37.0 Å². The summed E-state index contributed by atoms with van der Waals surface area (Å²) in [4.78, 5) is 20.3. The summed E-state index contributed by atoms with van der Waals surface area (Å²) >= 11 is 0. The standard InChI is InChI=1S/C23H24F3N5O/c1-13-3-4-18-20(16-10-17(11-16)23(24,25)26)29-22(30-21(18)28-13)31-7-8-32-19(12-31)15-5-6-27-14(2)9-15/h3-6,9,16-17,19H,7-8,10-12H2,1-2H3/t16?,17?,19-/m0/s1. The predicted octanol–water partition coefficient (Wildman–Crippen LogP) is 4.67. The van der Waals surface area contributed by atoms with E-state index in [1.807, 2.05) is 43.0 Å². The van der Waals surface area contributed by atoms with Gasteiger partial charge >= 0.3 is 6.18 Å². The molecule has 1 saturated carbocycles. The fourth-order valence-electron chi connectivity index (χ4n) is 4.48. The van der Waals surface area contributed by atoms with Crippen LogP contribution in [0.3, 0.4) is 0 Å². The number of fused-ring (bicyclic) bond motifs is 1. The number of ether oxygens (including phenoxy) is 1. The van der Waals surface area contributed by atoms with Crippen LogP contribution in [0, 0.1) is 19.8 Å². The van der Waals surface area contributed by atoms with Crippen molar-refractivity contribution in [2.24, 2.45) is 5.92 Å². The van der Waals surface area contributed by atoms with Crippen molar-refractivity contribution in [2.75, 3.05) is 24.6 Å². The lowest BCUT2D eigenvalue weighted by Crippen LogP contribution is -2.40. The SMILES string of the molecule is Cc1cc([C@@H]2CN(c3nc(C4CC(C(F)(F)F)C4)c4ccc(C)nc4n3)CCO2)ccn1. The molecule has 3 aromatic heterocycles. The summed E-state index contributed by atoms with van der Waals surface area (Å²) in [5.41, 5.74) is 3.95. The van der Waals surface area contributed by atoms with E-state index < -0.39 is 12.1 Å². The molecule has 3 aromatic rings. The minimum absolute atomic E-state index is 0.0605. The first kappa shape index (κ1) is 21.1. The molecule has 6 nitrogen and oxygen atoms in total. The summed E-state index contributed by atoms with van der Waals surface area (Å²) in [5.74, 6) is -1.00. The fourth-order valence-corrected chi connectivity index (χ4v) is 4.48. The number of aromatic nitrogens is 4. The van der Waals surface area contributed by atoms with Crippen LogP contribution in [0.15, 0.2) is 30.5 Å². The van der Waals surface area contributed by atoms with E-state index in [1.165, 1.54) is 0 Å². The van der Waals surface area contributed by atoms with Gasteiger partial charge in [0.1, 0.15) is 6.10 Å². The van der Waals surface area contributed by atoms with Crippen LogP contribution in [0.25, 0.3) is 11.0 Å². The molecule has 2 fully saturated rings. The van der Waals surface area contributed by atoms with Gasteiger partial charge in [-0.25, -0.2) is 9.97 Å². The molecule has 5 rings (SSSR count). The number of rotatable bonds is 3. The average Bonchev–Trinajstić information content (AvgIpc) is 2.71. The number of aryl methyl sites for hydroxylation is 2. The molecule has 0 bridgehead atoms. The van der Waals surface area contributed by atoms with E-state index in [4.69, 9.17) is 9.72 Å². The summed E-state index contributed by atoms with van der Waals surface area (Å²) in [6, 6.07) is 7.66. The van der Waals surface area contributed by atoms with Gasteiger partial charge in [0.2, 0.25) is 5.95 Å². The molecule has 1 saturated heterocycles. The molecule has 0 aromatic carbocycles. The van der Waals surface area contributed by atoms with Crippen molar-refractivity contribution in [2.45, 2.75) is 44.9 Å². The van der Waals surface area contributed by atoms with Crippen LogP contribution in [0.5, 0.6) is 0 Å². The Balaban J connectivity index is 1.47. The Labute approximate surface area is 183 Å². The molecule has 9 heteroatoms. The maximum atomic E-state index is 13.1. The van der Waals surface area contributed by atoms with Crippen LogP contribution in [0.2, 0.25) is 0 Å². The predicted molar refractivity (Wildman–Crippen MR) is 113 cm³/mol. The summed E-state index contributed by atoms with van der Waals surface area (Å²) in [7, 11) is 0. The van der Waals surface area contributed by atoms with Crippen LogP contribution in [0.1, 0.15) is 47.5 Å². The molecule has 2 aliphatic rings. The molecule has 0 spiro atoms. The largest absolute Gasteiger partial charge is 0.391 e. The summed E-state index contributed by atoms with van der Waals surface area (Å²) < 4.78 is 45.2. The Morgan fingerprint density at radius 3 is 2.59 bits per heavy atom. The molecular formula is C23H24F3N5O. The summed E-state index contributed by atoms with van der Waals surface area (Å²) in [5, 5.41) is 0.736. The lowest BCUT2D eigenvalue weighted by Gasteiger charge is -2.37. The average molecular weight is 443 g/mol. The van der Waals surface area contributed by atoms with Crippen molar-refractivity contribution in [3.05, 3.63) is 53.1 Å². The van der Waals surface area contributed by atoms with Gasteiger partial charge < -0.3 is 9.64 Å². The smallest absolute Gasteiger partial charge is 0.370 e. The zero-order valence-corrected chi connectivity index (χ0v) is 17.9. The number of anilines is 1. The highest BCUT2D eigenvalue weighted by Gasteiger charge is 2.49. The number of nitrogens with zero attached hydrogens (tertiary/aromatic N) is 5. The van der Waals surface area contributed by atoms with E-state index in [-0.39, 0.29) is 24.9 Å². The molecule has 0 amide bonds. The maximum Gasteiger partial charge on any atom is 0.391 e. The van der Waals surface area contributed by atoms with Gasteiger partial charge in [0.25, 0.3) is 0 Å². The van der Waals surface area contributed by atoms with E-state index in [2.05, 4.69) is 15.0 Å². The highest BCUT2D eigenvalue weighted by atomic mass is 19.4. The maximum absolute atomic E-state index is 13.1. The van der Waals surface area contributed by atoms with E-state index >= 15 is 0 Å². The molecule has 32 heavy (non-hydrogen) atoms. The van der Waals surface area contributed by atoms with Gasteiger partial charge in [-0.3, -0.25) is 4.98 Å². The molecule has 0 N–H and O–H groups in total. The monoisotopic (exact) mass is 443 g/mol. The zero-order chi connectivity index (χ0) is 22.5. The first-order valence-corrected chi connectivity index (χ1v) is 10.8. The van der Waals surface area contributed by atoms with Crippen LogP contribution in [-0.2, 0) is 4.74 Å². The van der Waals surface area contributed by atoms with Gasteiger partial charge in [-0.05, 0) is 56.5 Å². The number of hydrogen-bond donors (Lipinski definition) is 0. The van der Waals surface area contributed by atoms with E-state index in [0.717, 1.165) is 22.3 Å².